The molecule has 0 spiro atoms. The van der Waals surface area contributed by atoms with Gasteiger partial charge in [0.1, 0.15) is 11.9 Å². The number of amides is 1. The molecule has 0 saturated heterocycles. The third-order valence-corrected chi connectivity index (χ3v) is 4.08. The molecule has 2 rings (SSSR count). The van der Waals surface area contributed by atoms with Crippen molar-refractivity contribution in [2.75, 3.05) is 0 Å². The van der Waals surface area contributed by atoms with Crippen LogP contribution in [0, 0.1) is 6.92 Å². The molecule has 0 aliphatic heterocycles. The molecule has 20 heavy (non-hydrogen) atoms. The molecule has 4 nitrogen and oxygen atoms in total. The first-order chi connectivity index (χ1) is 9.32. The van der Waals surface area contributed by atoms with E-state index < -0.39 is 11.4 Å². The van der Waals surface area contributed by atoms with E-state index in [1.165, 1.54) is 5.56 Å². The fourth-order valence-corrected chi connectivity index (χ4v) is 2.75. The molecule has 0 bridgehead atoms. The topological polar surface area (TPSA) is 78.3 Å². The first-order valence-electron chi connectivity index (χ1n) is 7.18. The third-order valence-electron chi connectivity index (χ3n) is 4.08. The van der Waals surface area contributed by atoms with Crippen molar-refractivity contribution >= 4 is 5.91 Å². The second-order valence-electron chi connectivity index (χ2n) is 6.20. The van der Waals surface area contributed by atoms with Gasteiger partial charge in [0.25, 0.3) is 0 Å². The van der Waals surface area contributed by atoms with Crippen LogP contribution in [-0.4, -0.2) is 17.6 Å². The van der Waals surface area contributed by atoms with Crippen LogP contribution in [0.2, 0.25) is 0 Å². The third kappa shape index (κ3) is 2.96. The molecule has 1 aromatic rings. The van der Waals surface area contributed by atoms with E-state index in [4.69, 9.17) is 16.2 Å². The van der Waals surface area contributed by atoms with Crippen LogP contribution < -0.4 is 16.2 Å². The van der Waals surface area contributed by atoms with Gasteiger partial charge in [-0.3, -0.25) is 4.79 Å². The van der Waals surface area contributed by atoms with Gasteiger partial charge >= 0.3 is 0 Å². The van der Waals surface area contributed by atoms with E-state index >= 15 is 0 Å². The predicted molar refractivity (Wildman–Crippen MR) is 79.6 cm³/mol. The highest BCUT2D eigenvalue weighted by Crippen LogP contribution is 2.34. The van der Waals surface area contributed by atoms with Crippen LogP contribution in [0.25, 0.3) is 0 Å². The Morgan fingerprint density at radius 2 is 2.15 bits per heavy atom. The lowest BCUT2D eigenvalue weighted by Crippen LogP contribution is -2.50. The van der Waals surface area contributed by atoms with E-state index in [-0.39, 0.29) is 6.10 Å². The minimum absolute atomic E-state index is 0.0354. The van der Waals surface area contributed by atoms with Gasteiger partial charge < -0.3 is 16.2 Å². The van der Waals surface area contributed by atoms with Gasteiger partial charge in [-0.1, -0.05) is 26.0 Å². The summed E-state index contributed by atoms with van der Waals surface area (Å²) in [4.78, 5) is 11.4. The van der Waals surface area contributed by atoms with Gasteiger partial charge in [0.2, 0.25) is 5.91 Å². The minimum atomic E-state index is -0.910. The van der Waals surface area contributed by atoms with Gasteiger partial charge in [-0.15, -0.1) is 0 Å². The standard InChI is InChI=1S/C16H24N2O2/c1-10(2)13-5-4-11(3)8-14(13)20-12-6-7-16(18,9-12)15(17)19/h4-5,8,10,12H,6-7,9,18H2,1-3H3,(H2,17,19). The van der Waals surface area contributed by atoms with Crippen molar-refractivity contribution in [3.05, 3.63) is 29.3 Å². The Balaban J connectivity index is 2.15. The molecule has 1 aliphatic carbocycles. The van der Waals surface area contributed by atoms with E-state index in [0.717, 1.165) is 17.7 Å². The number of primary amides is 1. The fourth-order valence-electron chi connectivity index (χ4n) is 2.75. The quantitative estimate of drug-likeness (QED) is 0.885. The first-order valence-corrected chi connectivity index (χ1v) is 7.18. The molecule has 1 aliphatic rings. The largest absolute Gasteiger partial charge is 0.490 e. The van der Waals surface area contributed by atoms with Crippen molar-refractivity contribution in [3.8, 4) is 5.75 Å². The van der Waals surface area contributed by atoms with Gasteiger partial charge in [0.15, 0.2) is 0 Å². The average molecular weight is 276 g/mol. The zero-order valence-corrected chi connectivity index (χ0v) is 12.5. The van der Waals surface area contributed by atoms with E-state index in [1.807, 2.05) is 6.92 Å². The number of carbonyl (C=O) groups excluding carboxylic acids is 1. The number of rotatable bonds is 4. The number of ether oxygens (including phenoxy) is 1. The Kier molecular flexibility index (Phi) is 4.04. The summed E-state index contributed by atoms with van der Waals surface area (Å²) >= 11 is 0. The normalized spacial score (nSPS) is 25.9. The molecule has 0 heterocycles. The summed E-state index contributed by atoms with van der Waals surface area (Å²) in [5.74, 6) is 0.862. The highest BCUT2D eigenvalue weighted by atomic mass is 16.5. The Hall–Kier alpha value is -1.55. The molecule has 110 valence electrons. The second kappa shape index (κ2) is 5.44. The van der Waals surface area contributed by atoms with Crippen LogP contribution in [0.4, 0.5) is 0 Å². The SMILES string of the molecule is Cc1ccc(C(C)C)c(OC2CCC(N)(C(N)=O)C2)c1. The highest BCUT2D eigenvalue weighted by Gasteiger charge is 2.41. The summed E-state index contributed by atoms with van der Waals surface area (Å²) in [6, 6.07) is 6.25. The number of nitrogens with two attached hydrogens (primary N) is 2. The van der Waals surface area contributed by atoms with Crippen LogP contribution in [-0.2, 0) is 4.79 Å². The van der Waals surface area contributed by atoms with E-state index in [9.17, 15) is 4.79 Å². The average Bonchev–Trinajstić information content (AvgIpc) is 2.72. The number of hydrogen-bond donors (Lipinski definition) is 2. The van der Waals surface area contributed by atoms with Gasteiger partial charge in [0.05, 0.1) is 5.54 Å². The van der Waals surface area contributed by atoms with E-state index in [2.05, 4.69) is 32.0 Å². The van der Waals surface area contributed by atoms with Crippen molar-refractivity contribution in [2.24, 2.45) is 11.5 Å². The molecule has 1 amide bonds. The van der Waals surface area contributed by atoms with Crippen molar-refractivity contribution in [1.82, 2.24) is 0 Å². The van der Waals surface area contributed by atoms with Crippen LogP contribution in [0.3, 0.4) is 0 Å². The number of carbonyl (C=O) groups is 1. The maximum Gasteiger partial charge on any atom is 0.237 e. The smallest absolute Gasteiger partial charge is 0.237 e. The predicted octanol–water partition coefficient (Wildman–Crippen LogP) is 2.23. The highest BCUT2D eigenvalue weighted by molar-refractivity contribution is 5.84. The lowest BCUT2D eigenvalue weighted by atomic mass is 9.98. The summed E-state index contributed by atoms with van der Waals surface area (Å²) in [5.41, 5.74) is 12.8. The molecule has 2 atom stereocenters. The maximum atomic E-state index is 11.4. The minimum Gasteiger partial charge on any atom is -0.490 e. The molecular weight excluding hydrogens is 252 g/mol. The molecule has 4 heteroatoms. The van der Waals surface area contributed by atoms with Gasteiger partial charge in [-0.05, 0) is 42.9 Å². The van der Waals surface area contributed by atoms with Crippen LogP contribution in [0.5, 0.6) is 5.75 Å². The second-order valence-corrected chi connectivity index (χ2v) is 6.20. The maximum absolute atomic E-state index is 11.4. The molecule has 0 radical (unpaired) electrons. The lowest BCUT2D eigenvalue weighted by molar-refractivity contribution is -0.123. The van der Waals surface area contributed by atoms with Gasteiger partial charge in [-0.2, -0.15) is 0 Å². The van der Waals surface area contributed by atoms with Crippen molar-refractivity contribution in [1.29, 1.82) is 0 Å². The monoisotopic (exact) mass is 276 g/mol. The van der Waals surface area contributed by atoms with Crippen molar-refractivity contribution in [2.45, 2.75) is 57.6 Å². The summed E-state index contributed by atoms with van der Waals surface area (Å²) in [7, 11) is 0. The lowest BCUT2D eigenvalue weighted by Gasteiger charge is -2.22. The molecule has 0 aromatic heterocycles. The van der Waals surface area contributed by atoms with Crippen LogP contribution in [0.15, 0.2) is 18.2 Å². The number of aryl methyl sites for hydroxylation is 1. The Morgan fingerprint density at radius 3 is 2.70 bits per heavy atom. The zero-order valence-electron chi connectivity index (χ0n) is 12.5. The summed E-state index contributed by atoms with van der Waals surface area (Å²) in [6.45, 7) is 6.33. The Labute approximate surface area is 120 Å². The Bertz CT molecular complexity index is 513. The van der Waals surface area contributed by atoms with E-state index in [0.29, 0.717) is 18.8 Å². The van der Waals surface area contributed by atoms with Gasteiger partial charge in [-0.25, -0.2) is 0 Å². The first kappa shape index (κ1) is 14.9. The number of benzene rings is 1. The summed E-state index contributed by atoms with van der Waals surface area (Å²) < 4.78 is 6.11. The molecule has 1 fully saturated rings. The van der Waals surface area contributed by atoms with Crippen molar-refractivity contribution in [3.63, 3.8) is 0 Å². The molecule has 2 unspecified atom stereocenters. The molecule has 4 N–H and O–H groups in total. The van der Waals surface area contributed by atoms with Crippen LogP contribution in [0.1, 0.15) is 50.2 Å². The molecule has 1 aromatic carbocycles. The number of hydrogen-bond acceptors (Lipinski definition) is 3. The Morgan fingerprint density at radius 1 is 1.45 bits per heavy atom. The van der Waals surface area contributed by atoms with Crippen molar-refractivity contribution < 1.29 is 9.53 Å². The zero-order chi connectivity index (χ0) is 14.9. The fraction of sp³-hybridized carbons (Fsp3) is 0.562. The van der Waals surface area contributed by atoms with Gasteiger partial charge in [0, 0.05) is 6.42 Å². The van der Waals surface area contributed by atoms with Crippen LogP contribution >= 0.6 is 0 Å². The molecular formula is C16H24N2O2. The summed E-state index contributed by atoms with van der Waals surface area (Å²) in [6.07, 6.45) is 1.82. The molecule has 1 saturated carbocycles. The summed E-state index contributed by atoms with van der Waals surface area (Å²) in [5, 5.41) is 0. The van der Waals surface area contributed by atoms with E-state index in [1.54, 1.807) is 0 Å².